The lowest BCUT2D eigenvalue weighted by atomic mass is 10.1. The first-order valence-corrected chi connectivity index (χ1v) is 10.1. The number of hydrogen-bond acceptors (Lipinski definition) is 3. The number of para-hydroxylation sites is 2. The minimum Gasteiger partial charge on any atom is -0.486 e. The molecule has 0 aliphatic rings. The number of amides is 1. The number of halogens is 1. The molecule has 1 aromatic heterocycles. The molecular formula is C24H22ClN3O2. The molecule has 30 heavy (non-hydrogen) atoms. The summed E-state index contributed by atoms with van der Waals surface area (Å²) in [5.74, 6) is 1.26. The van der Waals surface area contributed by atoms with E-state index in [9.17, 15) is 4.79 Å². The summed E-state index contributed by atoms with van der Waals surface area (Å²) in [5.41, 5.74) is 4.83. The summed E-state index contributed by atoms with van der Waals surface area (Å²) in [6, 6.07) is 20.8. The van der Waals surface area contributed by atoms with Crippen molar-refractivity contribution in [3.63, 3.8) is 0 Å². The Labute approximate surface area is 180 Å². The second kappa shape index (κ2) is 8.59. The van der Waals surface area contributed by atoms with Crippen molar-refractivity contribution in [1.29, 1.82) is 0 Å². The van der Waals surface area contributed by atoms with Crippen LogP contribution in [0.3, 0.4) is 0 Å². The van der Waals surface area contributed by atoms with Crippen LogP contribution in [-0.2, 0) is 17.9 Å². The van der Waals surface area contributed by atoms with Gasteiger partial charge in [0, 0.05) is 10.7 Å². The number of imidazole rings is 1. The van der Waals surface area contributed by atoms with Gasteiger partial charge in [0.1, 0.15) is 24.7 Å². The number of rotatable bonds is 6. The molecule has 0 atom stereocenters. The Morgan fingerprint density at radius 3 is 2.57 bits per heavy atom. The molecule has 0 aliphatic carbocycles. The lowest BCUT2D eigenvalue weighted by Gasteiger charge is -2.12. The molecule has 0 aliphatic heterocycles. The van der Waals surface area contributed by atoms with Gasteiger partial charge in [-0.25, -0.2) is 4.98 Å². The van der Waals surface area contributed by atoms with Crippen LogP contribution >= 0.6 is 11.6 Å². The summed E-state index contributed by atoms with van der Waals surface area (Å²) in [7, 11) is 0. The number of fused-ring (bicyclic) bond motifs is 1. The zero-order chi connectivity index (χ0) is 21.1. The van der Waals surface area contributed by atoms with Gasteiger partial charge in [0.2, 0.25) is 5.91 Å². The Kier molecular flexibility index (Phi) is 5.72. The first kappa shape index (κ1) is 20.0. The number of nitrogens with one attached hydrogen (secondary N) is 1. The van der Waals surface area contributed by atoms with Crippen molar-refractivity contribution in [2.75, 3.05) is 5.32 Å². The molecular weight excluding hydrogens is 398 g/mol. The largest absolute Gasteiger partial charge is 0.486 e. The number of ether oxygens (including phenoxy) is 1. The van der Waals surface area contributed by atoms with E-state index in [-0.39, 0.29) is 19.1 Å². The van der Waals surface area contributed by atoms with Gasteiger partial charge >= 0.3 is 0 Å². The van der Waals surface area contributed by atoms with E-state index in [1.165, 1.54) is 5.56 Å². The maximum atomic E-state index is 12.8. The molecule has 1 amide bonds. The van der Waals surface area contributed by atoms with Gasteiger partial charge in [-0.05, 0) is 73.5 Å². The van der Waals surface area contributed by atoms with Crippen molar-refractivity contribution in [3.8, 4) is 5.75 Å². The highest BCUT2D eigenvalue weighted by Crippen LogP contribution is 2.20. The lowest BCUT2D eigenvalue weighted by Crippen LogP contribution is -2.20. The average Bonchev–Trinajstić information content (AvgIpc) is 3.08. The predicted octanol–water partition coefficient (Wildman–Crippen LogP) is 5.52. The summed E-state index contributed by atoms with van der Waals surface area (Å²) >= 11 is 5.93. The third-order valence-corrected chi connectivity index (χ3v) is 5.26. The van der Waals surface area contributed by atoms with Crippen molar-refractivity contribution in [3.05, 3.63) is 88.7 Å². The second-order valence-corrected chi connectivity index (χ2v) is 7.63. The van der Waals surface area contributed by atoms with Crippen molar-refractivity contribution >= 4 is 34.2 Å². The Morgan fingerprint density at radius 1 is 1.03 bits per heavy atom. The van der Waals surface area contributed by atoms with Gasteiger partial charge in [-0.1, -0.05) is 29.8 Å². The Balaban J connectivity index is 1.55. The van der Waals surface area contributed by atoms with Gasteiger partial charge in [0.25, 0.3) is 0 Å². The summed E-state index contributed by atoms with van der Waals surface area (Å²) in [4.78, 5) is 17.4. The quantitative estimate of drug-likeness (QED) is 0.447. The molecule has 0 bridgehead atoms. The van der Waals surface area contributed by atoms with Crippen LogP contribution in [0.1, 0.15) is 17.0 Å². The molecule has 5 nitrogen and oxygen atoms in total. The standard InChI is InChI=1S/C24H22ClN3O2/c1-16-7-10-19(13-17(16)2)26-24(29)14-28-22-6-4-3-5-21(22)27-23(28)15-30-20-11-8-18(25)9-12-20/h3-13H,14-15H2,1-2H3,(H,26,29). The van der Waals surface area contributed by atoms with Gasteiger partial charge in [0.05, 0.1) is 11.0 Å². The fourth-order valence-electron chi connectivity index (χ4n) is 3.25. The second-order valence-electron chi connectivity index (χ2n) is 7.19. The van der Waals surface area contributed by atoms with Gasteiger partial charge in [-0.2, -0.15) is 0 Å². The fraction of sp³-hybridized carbons (Fsp3) is 0.167. The number of benzene rings is 3. The molecule has 6 heteroatoms. The van der Waals surface area contributed by atoms with E-state index in [0.717, 1.165) is 22.3 Å². The Hall–Kier alpha value is -3.31. The zero-order valence-corrected chi connectivity index (χ0v) is 17.6. The van der Waals surface area contributed by atoms with Gasteiger partial charge < -0.3 is 14.6 Å². The first-order valence-electron chi connectivity index (χ1n) is 9.69. The number of carbonyl (C=O) groups is 1. The fourth-order valence-corrected chi connectivity index (χ4v) is 3.38. The zero-order valence-electron chi connectivity index (χ0n) is 16.9. The average molecular weight is 420 g/mol. The maximum Gasteiger partial charge on any atom is 0.244 e. The minimum absolute atomic E-state index is 0.117. The topological polar surface area (TPSA) is 56.2 Å². The van der Waals surface area contributed by atoms with E-state index < -0.39 is 0 Å². The molecule has 4 rings (SSSR count). The Morgan fingerprint density at radius 2 is 1.80 bits per heavy atom. The van der Waals surface area contributed by atoms with E-state index in [2.05, 4.69) is 10.3 Å². The van der Waals surface area contributed by atoms with Crippen LogP contribution in [0.25, 0.3) is 11.0 Å². The van der Waals surface area contributed by atoms with Gasteiger partial charge in [-0.15, -0.1) is 0 Å². The van der Waals surface area contributed by atoms with Gasteiger partial charge in [0.15, 0.2) is 0 Å². The molecule has 152 valence electrons. The van der Waals surface area contributed by atoms with Crippen LogP contribution in [0.4, 0.5) is 5.69 Å². The van der Waals surface area contributed by atoms with E-state index in [4.69, 9.17) is 16.3 Å². The van der Waals surface area contributed by atoms with Gasteiger partial charge in [-0.3, -0.25) is 4.79 Å². The molecule has 0 unspecified atom stereocenters. The summed E-state index contributed by atoms with van der Waals surface area (Å²) in [6.45, 7) is 4.46. The van der Waals surface area contributed by atoms with Crippen LogP contribution in [0.2, 0.25) is 5.02 Å². The number of nitrogens with zero attached hydrogens (tertiary/aromatic N) is 2. The minimum atomic E-state index is -0.117. The van der Waals surface area contributed by atoms with Crippen LogP contribution in [-0.4, -0.2) is 15.5 Å². The van der Waals surface area contributed by atoms with Crippen molar-refractivity contribution in [2.24, 2.45) is 0 Å². The number of anilines is 1. The number of aromatic nitrogens is 2. The molecule has 3 aromatic carbocycles. The highest BCUT2D eigenvalue weighted by atomic mass is 35.5. The molecule has 0 spiro atoms. The number of aryl methyl sites for hydroxylation is 2. The van der Waals surface area contributed by atoms with Crippen molar-refractivity contribution in [2.45, 2.75) is 27.0 Å². The third kappa shape index (κ3) is 4.47. The highest BCUT2D eigenvalue weighted by Gasteiger charge is 2.14. The monoisotopic (exact) mass is 419 g/mol. The Bertz CT molecular complexity index is 1200. The van der Waals surface area contributed by atoms with E-state index in [1.54, 1.807) is 12.1 Å². The third-order valence-electron chi connectivity index (χ3n) is 5.01. The molecule has 0 saturated heterocycles. The van der Waals surface area contributed by atoms with Crippen LogP contribution < -0.4 is 10.1 Å². The highest BCUT2D eigenvalue weighted by molar-refractivity contribution is 6.30. The number of hydrogen-bond donors (Lipinski definition) is 1. The van der Waals surface area contributed by atoms with E-state index >= 15 is 0 Å². The summed E-state index contributed by atoms with van der Waals surface area (Å²) in [5, 5.41) is 3.63. The molecule has 4 aromatic rings. The molecule has 0 radical (unpaired) electrons. The molecule has 0 fully saturated rings. The van der Waals surface area contributed by atoms with E-state index in [1.807, 2.05) is 73.0 Å². The van der Waals surface area contributed by atoms with Crippen molar-refractivity contribution < 1.29 is 9.53 Å². The normalized spacial score (nSPS) is 10.9. The maximum absolute atomic E-state index is 12.8. The van der Waals surface area contributed by atoms with Crippen molar-refractivity contribution in [1.82, 2.24) is 9.55 Å². The first-order chi connectivity index (χ1) is 14.5. The smallest absolute Gasteiger partial charge is 0.244 e. The lowest BCUT2D eigenvalue weighted by molar-refractivity contribution is -0.116. The SMILES string of the molecule is Cc1ccc(NC(=O)Cn2c(COc3ccc(Cl)cc3)nc3ccccc32)cc1C. The van der Waals surface area contributed by atoms with Crippen LogP contribution in [0.5, 0.6) is 5.75 Å². The molecule has 1 N–H and O–H groups in total. The number of carbonyl (C=O) groups excluding carboxylic acids is 1. The predicted molar refractivity (Wildman–Crippen MR) is 120 cm³/mol. The molecule has 1 heterocycles. The molecule has 0 saturated carbocycles. The summed E-state index contributed by atoms with van der Waals surface area (Å²) < 4.78 is 7.76. The van der Waals surface area contributed by atoms with Crippen LogP contribution in [0.15, 0.2) is 66.7 Å². The van der Waals surface area contributed by atoms with Crippen LogP contribution in [0, 0.1) is 13.8 Å². The van der Waals surface area contributed by atoms with E-state index in [0.29, 0.717) is 16.6 Å². The summed E-state index contributed by atoms with van der Waals surface area (Å²) in [6.07, 6.45) is 0.